The number of fused-ring (bicyclic) bond motifs is 2. The highest BCUT2D eigenvalue weighted by atomic mass is 16.5. The Balaban J connectivity index is 1.58. The number of hydrogen-bond donors (Lipinski definition) is 0. The van der Waals surface area contributed by atoms with Crippen LogP contribution in [0.3, 0.4) is 0 Å². The van der Waals surface area contributed by atoms with Gasteiger partial charge >= 0.3 is 0 Å². The van der Waals surface area contributed by atoms with Crippen LogP contribution in [-0.4, -0.2) is 50.3 Å². The standard InChI is InChI=1S/C19H23NO4/c1-22-13-19-8-4-10-23-17(19)7-9-20(12-19)18(21)16-11-14-5-2-3-6-15(14)24-16/h2-3,5-6,11,17H,4,7-10,12-13H2,1H3/t17-,19+/m0/s1. The molecule has 1 aromatic heterocycles. The smallest absolute Gasteiger partial charge is 0.289 e. The molecule has 4 rings (SSSR count). The van der Waals surface area contributed by atoms with Gasteiger partial charge in [0.1, 0.15) is 5.58 Å². The van der Waals surface area contributed by atoms with Gasteiger partial charge < -0.3 is 18.8 Å². The van der Waals surface area contributed by atoms with Crippen molar-refractivity contribution in [2.75, 3.05) is 33.4 Å². The fraction of sp³-hybridized carbons (Fsp3) is 0.526. The number of amides is 1. The number of nitrogens with zero attached hydrogens (tertiary/aromatic N) is 1. The Morgan fingerprint density at radius 2 is 2.29 bits per heavy atom. The average Bonchev–Trinajstić information content (AvgIpc) is 3.04. The van der Waals surface area contributed by atoms with E-state index in [1.165, 1.54) is 0 Å². The van der Waals surface area contributed by atoms with Gasteiger partial charge in [0.05, 0.1) is 12.7 Å². The predicted octanol–water partition coefficient (Wildman–Crippen LogP) is 3.09. The quantitative estimate of drug-likeness (QED) is 0.868. The summed E-state index contributed by atoms with van der Waals surface area (Å²) in [6.07, 6.45) is 3.10. The second kappa shape index (κ2) is 6.22. The first-order valence-electron chi connectivity index (χ1n) is 8.60. The van der Waals surface area contributed by atoms with Gasteiger partial charge in [-0.05, 0) is 31.4 Å². The summed E-state index contributed by atoms with van der Waals surface area (Å²) in [7, 11) is 1.72. The molecule has 5 nitrogen and oxygen atoms in total. The zero-order chi connectivity index (χ0) is 16.6. The molecule has 2 atom stereocenters. The highest BCUT2D eigenvalue weighted by Crippen LogP contribution is 2.40. The van der Waals surface area contributed by atoms with E-state index in [9.17, 15) is 4.79 Å². The van der Waals surface area contributed by atoms with Crippen LogP contribution in [0.15, 0.2) is 34.7 Å². The number of carbonyl (C=O) groups excluding carboxylic acids is 1. The van der Waals surface area contributed by atoms with Crippen molar-refractivity contribution in [3.8, 4) is 0 Å². The number of likely N-dealkylation sites (tertiary alicyclic amines) is 1. The van der Waals surface area contributed by atoms with Gasteiger partial charge in [-0.25, -0.2) is 0 Å². The summed E-state index contributed by atoms with van der Waals surface area (Å²) < 4.78 is 17.2. The van der Waals surface area contributed by atoms with E-state index in [2.05, 4.69) is 0 Å². The zero-order valence-corrected chi connectivity index (χ0v) is 14.0. The van der Waals surface area contributed by atoms with Gasteiger partial charge in [0.2, 0.25) is 0 Å². The summed E-state index contributed by atoms with van der Waals surface area (Å²) >= 11 is 0. The van der Waals surface area contributed by atoms with Gasteiger partial charge in [0.15, 0.2) is 5.76 Å². The minimum atomic E-state index is -0.0904. The van der Waals surface area contributed by atoms with E-state index < -0.39 is 0 Å². The molecular weight excluding hydrogens is 306 g/mol. The van der Waals surface area contributed by atoms with Crippen molar-refractivity contribution in [2.45, 2.75) is 25.4 Å². The Labute approximate surface area is 141 Å². The molecule has 2 saturated heterocycles. The maximum absolute atomic E-state index is 12.9. The third kappa shape index (κ3) is 2.62. The van der Waals surface area contributed by atoms with E-state index in [1.807, 2.05) is 35.2 Å². The molecule has 2 aliphatic rings. The van der Waals surface area contributed by atoms with Gasteiger partial charge in [-0.1, -0.05) is 18.2 Å². The molecule has 5 heteroatoms. The number of para-hydroxylation sites is 1. The Hall–Kier alpha value is -1.85. The second-order valence-electron chi connectivity index (χ2n) is 6.92. The average molecular weight is 329 g/mol. The lowest BCUT2D eigenvalue weighted by molar-refractivity contribution is -0.142. The minimum Gasteiger partial charge on any atom is -0.451 e. The number of methoxy groups -OCH3 is 1. The molecule has 0 spiro atoms. The second-order valence-corrected chi connectivity index (χ2v) is 6.92. The van der Waals surface area contributed by atoms with Crippen molar-refractivity contribution in [1.29, 1.82) is 0 Å². The molecule has 0 N–H and O–H groups in total. The number of furan rings is 1. The zero-order valence-electron chi connectivity index (χ0n) is 14.0. The Morgan fingerprint density at radius 1 is 1.42 bits per heavy atom. The molecule has 24 heavy (non-hydrogen) atoms. The molecule has 0 unspecified atom stereocenters. The molecule has 2 aliphatic heterocycles. The van der Waals surface area contributed by atoms with E-state index in [1.54, 1.807) is 7.11 Å². The van der Waals surface area contributed by atoms with E-state index >= 15 is 0 Å². The van der Waals surface area contributed by atoms with Crippen molar-refractivity contribution in [3.05, 3.63) is 36.1 Å². The first kappa shape index (κ1) is 15.7. The molecule has 0 aliphatic carbocycles. The lowest BCUT2D eigenvalue weighted by Gasteiger charge is -2.50. The summed E-state index contributed by atoms with van der Waals surface area (Å²) in [4.78, 5) is 14.8. The van der Waals surface area contributed by atoms with E-state index in [4.69, 9.17) is 13.9 Å². The highest BCUT2D eigenvalue weighted by Gasteiger charge is 2.47. The van der Waals surface area contributed by atoms with E-state index in [0.29, 0.717) is 25.5 Å². The Kier molecular flexibility index (Phi) is 4.06. The number of rotatable bonds is 3. The normalized spacial score (nSPS) is 27.2. The molecule has 1 amide bonds. The SMILES string of the molecule is COC[C@]12CCCO[C@H]1CCN(C(=O)c1cc3ccccc3o1)C2. The molecule has 2 fully saturated rings. The predicted molar refractivity (Wildman–Crippen MR) is 90.0 cm³/mol. The third-order valence-corrected chi connectivity index (χ3v) is 5.34. The van der Waals surface area contributed by atoms with Crippen molar-refractivity contribution < 1.29 is 18.7 Å². The van der Waals surface area contributed by atoms with Crippen LogP contribution < -0.4 is 0 Å². The van der Waals surface area contributed by atoms with Gasteiger partial charge in [-0.2, -0.15) is 0 Å². The van der Waals surface area contributed by atoms with Crippen molar-refractivity contribution in [2.24, 2.45) is 5.41 Å². The molecule has 1 aromatic carbocycles. The minimum absolute atomic E-state index is 0.0364. The summed E-state index contributed by atoms with van der Waals surface area (Å²) in [5.74, 6) is 0.379. The molecule has 0 saturated carbocycles. The number of carbonyl (C=O) groups is 1. The summed E-state index contributed by atoms with van der Waals surface area (Å²) in [6, 6.07) is 9.55. The number of piperidine rings is 1. The molecule has 0 bridgehead atoms. The number of hydrogen-bond acceptors (Lipinski definition) is 4. The monoisotopic (exact) mass is 329 g/mol. The Morgan fingerprint density at radius 3 is 3.12 bits per heavy atom. The topological polar surface area (TPSA) is 51.9 Å². The van der Waals surface area contributed by atoms with Crippen LogP contribution in [-0.2, 0) is 9.47 Å². The summed E-state index contributed by atoms with van der Waals surface area (Å²) in [5, 5.41) is 0.961. The molecular formula is C19H23NO4. The van der Waals surface area contributed by atoms with Crippen LogP contribution in [0.25, 0.3) is 11.0 Å². The maximum atomic E-state index is 12.9. The largest absolute Gasteiger partial charge is 0.451 e. The number of benzene rings is 1. The maximum Gasteiger partial charge on any atom is 0.289 e. The van der Waals surface area contributed by atoms with Gasteiger partial charge in [-0.3, -0.25) is 4.79 Å². The fourth-order valence-electron chi connectivity index (χ4n) is 4.20. The van der Waals surface area contributed by atoms with Crippen LogP contribution in [0.5, 0.6) is 0 Å². The lowest BCUT2D eigenvalue weighted by Crippen LogP contribution is -2.58. The summed E-state index contributed by atoms with van der Waals surface area (Å²) in [6.45, 7) is 2.81. The van der Waals surface area contributed by atoms with Crippen LogP contribution in [0.2, 0.25) is 0 Å². The van der Waals surface area contributed by atoms with Crippen molar-refractivity contribution in [1.82, 2.24) is 4.90 Å². The first-order valence-corrected chi connectivity index (χ1v) is 8.60. The summed E-state index contributed by atoms with van der Waals surface area (Å²) in [5.41, 5.74) is 0.663. The lowest BCUT2D eigenvalue weighted by atomic mass is 9.73. The van der Waals surface area contributed by atoms with Crippen molar-refractivity contribution >= 4 is 16.9 Å². The van der Waals surface area contributed by atoms with Crippen LogP contribution in [0.1, 0.15) is 29.8 Å². The molecule has 0 radical (unpaired) electrons. The molecule has 3 heterocycles. The van der Waals surface area contributed by atoms with Crippen LogP contribution >= 0.6 is 0 Å². The molecule has 2 aromatic rings. The van der Waals surface area contributed by atoms with Gasteiger partial charge in [-0.15, -0.1) is 0 Å². The highest BCUT2D eigenvalue weighted by molar-refractivity contribution is 5.96. The van der Waals surface area contributed by atoms with Gasteiger partial charge in [0.25, 0.3) is 5.91 Å². The first-order chi connectivity index (χ1) is 11.7. The van der Waals surface area contributed by atoms with Gasteiger partial charge in [0, 0.05) is 37.6 Å². The van der Waals surface area contributed by atoms with Crippen LogP contribution in [0, 0.1) is 5.41 Å². The number of ether oxygens (including phenoxy) is 2. The molecule has 128 valence electrons. The van der Waals surface area contributed by atoms with Crippen LogP contribution in [0.4, 0.5) is 0 Å². The Bertz CT molecular complexity index is 703. The van der Waals surface area contributed by atoms with Crippen molar-refractivity contribution in [3.63, 3.8) is 0 Å². The van der Waals surface area contributed by atoms with E-state index in [0.717, 1.165) is 36.8 Å². The fourth-order valence-corrected chi connectivity index (χ4v) is 4.20. The third-order valence-electron chi connectivity index (χ3n) is 5.34. The van der Waals surface area contributed by atoms with E-state index in [-0.39, 0.29) is 17.4 Å².